The van der Waals surface area contributed by atoms with Gasteiger partial charge in [-0.15, -0.1) is 0 Å². The number of nitrogens with one attached hydrogen (secondary N) is 1. The molecule has 0 aliphatic heterocycles. The SMILES string of the molecule is COC(c1ccccc1-c1ccccc1)C1CCc2[nH]cnc2C1. The van der Waals surface area contributed by atoms with Crippen molar-refractivity contribution in [2.75, 3.05) is 7.11 Å². The summed E-state index contributed by atoms with van der Waals surface area (Å²) in [5.41, 5.74) is 6.27. The zero-order chi connectivity index (χ0) is 16.4. The molecule has 0 fully saturated rings. The van der Waals surface area contributed by atoms with Gasteiger partial charge in [-0.3, -0.25) is 0 Å². The smallest absolute Gasteiger partial charge is 0.0925 e. The molecule has 0 saturated heterocycles. The minimum atomic E-state index is 0.0891. The van der Waals surface area contributed by atoms with E-state index in [1.807, 2.05) is 13.4 Å². The number of aromatic amines is 1. The third kappa shape index (κ3) is 2.76. The molecule has 0 saturated carbocycles. The minimum Gasteiger partial charge on any atom is -0.376 e. The molecule has 122 valence electrons. The van der Waals surface area contributed by atoms with Crippen molar-refractivity contribution in [3.63, 3.8) is 0 Å². The Morgan fingerprint density at radius 3 is 2.71 bits per heavy atom. The van der Waals surface area contributed by atoms with Crippen LogP contribution >= 0.6 is 0 Å². The second kappa shape index (κ2) is 6.62. The van der Waals surface area contributed by atoms with Crippen molar-refractivity contribution in [1.82, 2.24) is 9.97 Å². The maximum atomic E-state index is 5.99. The lowest BCUT2D eigenvalue weighted by atomic mass is 9.81. The van der Waals surface area contributed by atoms with E-state index in [0.29, 0.717) is 5.92 Å². The predicted octanol–water partition coefficient (Wildman–Crippen LogP) is 4.57. The number of fused-ring (bicyclic) bond motifs is 1. The number of ether oxygens (including phenoxy) is 1. The van der Waals surface area contributed by atoms with Gasteiger partial charge in [0, 0.05) is 12.8 Å². The fraction of sp³-hybridized carbons (Fsp3) is 0.286. The molecule has 1 aromatic heterocycles. The van der Waals surface area contributed by atoms with E-state index in [4.69, 9.17) is 4.74 Å². The molecule has 3 aromatic rings. The van der Waals surface area contributed by atoms with Crippen LogP contribution in [0.2, 0.25) is 0 Å². The van der Waals surface area contributed by atoms with E-state index in [9.17, 15) is 0 Å². The first-order chi connectivity index (χ1) is 11.9. The lowest BCUT2D eigenvalue weighted by Crippen LogP contribution is -2.23. The standard InChI is InChI=1S/C21H22N2O/c1-24-21(16-11-12-19-20(13-16)23-14-22-19)18-10-6-5-9-17(18)15-7-3-2-4-8-15/h2-10,14,16,21H,11-13H2,1H3,(H,22,23). The van der Waals surface area contributed by atoms with Gasteiger partial charge in [0.2, 0.25) is 0 Å². The van der Waals surface area contributed by atoms with Gasteiger partial charge in [-0.1, -0.05) is 54.6 Å². The fourth-order valence-electron chi connectivity index (χ4n) is 3.88. The summed E-state index contributed by atoms with van der Waals surface area (Å²) in [6.45, 7) is 0. The van der Waals surface area contributed by atoms with Crippen molar-refractivity contribution >= 4 is 0 Å². The Balaban J connectivity index is 1.70. The van der Waals surface area contributed by atoms with Crippen molar-refractivity contribution in [3.8, 4) is 11.1 Å². The van der Waals surface area contributed by atoms with Gasteiger partial charge in [0.15, 0.2) is 0 Å². The van der Waals surface area contributed by atoms with Crippen LogP contribution < -0.4 is 0 Å². The molecule has 2 unspecified atom stereocenters. The summed E-state index contributed by atoms with van der Waals surface area (Å²) in [6.07, 6.45) is 5.04. The molecule has 1 heterocycles. The lowest BCUT2D eigenvalue weighted by Gasteiger charge is -2.30. The number of imidazole rings is 1. The summed E-state index contributed by atoms with van der Waals surface area (Å²) in [6, 6.07) is 19.2. The van der Waals surface area contributed by atoms with Crippen LogP contribution in [0.25, 0.3) is 11.1 Å². The number of aromatic nitrogens is 2. The Morgan fingerprint density at radius 1 is 1.08 bits per heavy atom. The van der Waals surface area contributed by atoms with Gasteiger partial charge in [-0.25, -0.2) is 4.98 Å². The van der Waals surface area contributed by atoms with Crippen molar-refractivity contribution < 1.29 is 4.74 Å². The molecule has 0 bridgehead atoms. The highest BCUT2D eigenvalue weighted by Gasteiger charge is 2.30. The highest BCUT2D eigenvalue weighted by molar-refractivity contribution is 5.67. The van der Waals surface area contributed by atoms with E-state index in [1.54, 1.807) is 0 Å². The molecule has 0 spiro atoms. The number of rotatable bonds is 4. The summed E-state index contributed by atoms with van der Waals surface area (Å²) in [5.74, 6) is 0.454. The van der Waals surface area contributed by atoms with Crippen LogP contribution in [0.4, 0.5) is 0 Å². The lowest BCUT2D eigenvalue weighted by molar-refractivity contribution is 0.0451. The highest BCUT2D eigenvalue weighted by atomic mass is 16.5. The monoisotopic (exact) mass is 318 g/mol. The Bertz CT molecular complexity index is 809. The summed E-state index contributed by atoms with van der Waals surface area (Å²) >= 11 is 0. The van der Waals surface area contributed by atoms with Gasteiger partial charge in [0.25, 0.3) is 0 Å². The fourth-order valence-corrected chi connectivity index (χ4v) is 3.88. The zero-order valence-electron chi connectivity index (χ0n) is 13.9. The molecular formula is C21H22N2O. The van der Waals surface area contributed by atoms with E-state index in [-0.39, 0.29) is 6.10 Å². The van der Waals surface area contributed by atoms with Gasteiger partial charge in [0.1, 0.15) is 0 Å². The molecule has 3 nitrogen and oxygen atoms in total. The molecule has 24 heavy (non-hydrogen) atoms. The second-order valence-corrected chi connectivity index (χ2v) is 6.44. The highest BCUT2D eigenvalue weighted by Crippen LogP contribution is 2.39. The van der Waals surface area contributed by atoms with E-state index in [2.05, 4.69) is 64.6 Å². The molecule has 4 rings (SSSR count). The van der Waals surface area contributed by atoms with Crippen molar-refractivity contribution in [1.29, 1.82) is 0 Å². The molecule has 0 amide bonds. The first-order valence-electron chi connectivity index (χ1n) is 8.55. The summed E-state index contributed by atoms with van der Waals surface area (Å²) in [7, 11) is 1.83. The number of H-pyrrole nitrogens is 1. The molecule has 3 heteroatoms. The molecule has 2 aromatic carbocycles. The van der Waals surface area contributed by atoms with Gasteiger partial charge >= 0.3 is 0 Å². The zero-order valence-corrected chi connectivity index (χ0v) is 13.9. The first kappa shape index (κ1) is 15.2. The van der Waals surface area contributed by atoms with Crippen molar-refractivity contribution in [2.45, 2.75) is 25.4 Å². The van der Waals surface area contributed by atoms with Crippen LogP contribution in [0.3, 0.4) is 0 Å². The average molecular weight is 318 g/mol. The number of benzene rings is 2. The Morgan fingerprint density at radius 2 is 1.88 bits per heavy atom. The third-order valence-electron chi connectivity index (χ3n) is 5.06. The number of aryl methyl sites for hydroxylation is 1. The van der Waals surface area contributed by atoms with Gasteiger partial charge in [-0.05, 0) is 41.9 Å². The van der Waals surface area contributed by atoms with Gasteiger partial charge < -0.3 is 9.72 Å². The van der Waals surface area contributed by atoms with Crippen molar-refractivity contribution in [2.24, 2.45) is 5.92 Å². The van der Waals surface area contributed by atoms with Crippen LogP contribution in [-0.2, 0) is 17.6 Å². The molecule has 1 aliphatic rings. The van der Waals surface area contributed by atoms with Crippen LogP contribution in [0.5, 0.6) is 0 Å². The Labute approximate surface area is 142 Å². The van der Waals surface area contributed by atoms with Crippen molar-refractivity contribution in [3.05, 3.63) is 77.9 Å². The maximum absolute atomic E-state index is 5.99. The van der Waals surface area contributed by atoms with E-state index < -0.39 is 0 Å². The maximum Gasteiger partial charge on any atom is 0.0925 e. The molecule has 0 radical (unpaired) electrons. The quantitative estimate of drug-likeness (QED) is 0.765. The summed E-state index contributed by atoms with van der Waals surface area (Å²) in [5, 5.41) is 0. The Hall–Kier alpha value is -2.39. The topological polar surface area (TPSA) is 37.9 Å². The van der Waals surface area contributed by atoms with Crippen LogP contribution in [0, 0.1) is 5.92 Å². The van der Waals surface area contributed by atoms with Crippen LogP contribution in [0.15, 0.2) is 60.9 Å². The predicted molar refractivity (Wildman–Crippen MR) is 95.7 cm³/mol. The number of nitrogens with zero attached hydrogens (tertiary/aromatic N) is 1. The Kier molecular flexibility index (Phi) is 4.18. The second-order valence-electron chi connectivity index (χ2n) is 6.44. The third-order valence-corrected chi connectivity index (χ3v) is 5.06. The average Bonchev–Trinajstić information content (AvgIpc) is 3.11. The summed E-state index contributed by atoms with van der Waals surface area (Å²) in [4.78, 5) is 7.75. The van der Waals surface area contributed by atoms with E-state index in [0.717, 1.165) is 19.3 Å². The molecule has 1 aliphatic carbocycles. The number of hydrogen-bond donors (Lipinski definition) is 1. The van der Waals surface area contributed by atoms with Crippen LogP contribution in [-0.4, -0.2) is 17.1 Å². The number of hydrogen-bond acceptors (Lipinski definition) is 2. The molecule has 2 atom stereocenters. The normalized spacial score (nSPS) is 18.1. The minimum absolute atomic E-state index is 0.0891. The van der Waals surface area contributed by atoms with Crippen LogP contribution in [0.1, 0.15) is 29.5 Å². The van der Waals surface area contributed by atoms with Gasteiger partial charge in [0.05, 0.1) is 18.1 Å². The molecular weight excluding hydrogens is 296 g/mol. The van der Waals surface area contributed by atoms with E-state index >= 15 is 0 Å². The number of methoxy groups -OCH3 is 1. The van der Waals surface area contributed by atoms with E-state index in [1.165, 1.54) is 28.1 Å². The van der Waals surface area contributed by atoms with Gasteiger partial charge in [-0.2, -0.15) is 0 Å². The first-order valence-corrected chi connectivity index (χ1v) is 8.55. The molecule has 1 N–H and O–H groups in total. The largest absolute Gasteiger partial charge is 0.376 e. The summed E-state index contributed by atoms with van der Waals surface area (Å²) < 4.78 is 5.99.